The predicted molar refractivity (Wildman–Crippen MR) is 57.9 cm³/mol. The summed E-state index contributed by atoms with van der Waals surface area (Å²) in [7, 11) is 0. The number of hydrazine groups is 1. The molecule has 1 atom stereocenters. The van der Waals surface area contributed by atoms with E-state index in [9.17, 15) is 4.79 Å². The highest BCUT2D eigenvalue weighted by atomic mass is 16.1. The molecule has 1 saturated heterocycles. The number of rotatable bonds is 6. The fourth-order valence-corrected chi connectivity index (χ4v) is 2.15. The first-order valence-corrected chi connectivity index (χ1v) is 5.80. The maximum atomic E-state index is 10.9. The fraction of sp³-hybridized carbons (Fsp3) is 0.909. The van der Waals surface area contributed by atoms with Gasteiger partial charge in [-0.1, -0.05) is 13.8 Å². The Morgan fingerprint density at radius 3 is 2.50 bits per heavy atom. The lowest BCUT2D eigenvalue weighted by molar-refractivity contribution is -0.119. The van der Waals surface area contributed by atoms with Gasteiger partial charge in [-0.2, -0.15) is 0 Å². The Morgan fingerprint density at radius 1 is 1.36 bits per heavy atom. The SMILES string of the molecule is CCCN(CCC)N1CCC[C@H]1C=O. The van der Waals surface area contributed by atoms with Gasteiger partial charge in [0.15, 0.2) is 0 Å². The summed E-state index contributed by atoms with van der Waals surface area (Å²) in [6, 6.07) is 0.146. The van der Waals surface area contributed by atoms with Crippen LogP contribution < -0.4 is 0 Å². The standard InChI is InChI=1S/C11H22N2O/c1-3-7-12(8-4-2)13-9-5-6-11(13)10-14/h10-11H,3-9H2,1-2H3/t11-/m0/s1. The van der Waals surface area contributed by atoms with Crippen LogP contribution in [0, 0.1) is 0 Å². The average molecular weight is 198 g/mol. The molecule has 14 heavy (non-hydrogen) atoms. The smallest absolute Gasteiger partial charge is 0.138 e. The van der Waals surface area contributed by atoms with Crippen molar-refractivity contribution in [2.45, 2.75) is 45.6 Å². The van der Waals surface area contributed by atoms with Gasteiger partial charge in [0.05, 0.1) is 6.04 Å². The van der Waals surface area contributed by atoms with Crippen LogP contribution in [0.5, 0.6) is 0 Å². The summed E-state index contributed by atoms with van der Waals surface area (Å²) in [6.07, 6.45) is 5.61. The summed E-state index contributed by atoms with van der Waals surface area (Å²) in [5.41, 5.74) is 0. The second kappa shape index (κ2) is 6.14. The molecule has 0 amide bonds. The van der Waals surface area contributed by atoms with Crippen molar-refractivity contribution < 1.29 is 4.79 Å². The summed E-state index contributed by atoms with van der Waals surface area (Å²) in [4.78, 5) is 10.9. The molecule has 1 heterocycles. The molecule has 0 bridgehead atoms. The second-order valence-electron chi connectivity index (χ2n) is 3.96. The van der Waals surface area contributed by atoms with E-state index in [2.05, 4.69) is 23.9 Å². The molecule has 3 heteroatoms. The third-order valence-corrected chi connectivity index (χ3v) is 2.75. The van der Waals surface area contributed by atoms with E-state index in [4.69, 9.17) is 0 Å². The van der Waals surface area contributed by atoms with Gasteiger partial charge in [0.1, 0.15) is 6.29 Å². The Balaban J connectivity index is 2.51. The van der Waals surface area contributed by atoms with Crippen molar-refractivity contribution in [1.82, 2.24) is 10.0 Å². The maximum absolute atomic E-state index is 10.9. The van der Waals surface area contributed by atoms with E-state index >= 15 is 0 Å². The van der Waals surface area contributed by atoms with E-state index in [1.165, 1.54) is 0 Å². The Hall–Kier alpha value is -0.410. The number of hydrogen-bond acceptors (Lipinski definition) is 3. The highest BCUT2D eigenvalue weighted by Crippen LogP contribution is 2.18. The van der Waals surface area contributed by atoms with Crippen LogP contribution in [0.1, 0.15) is 39.5 Å². The van der Waals surface area contributed by atoms with E-state index in [1.54, 1.807) is 0 Å². The van der Waals surface area contributed by atoms with Crippen molar-refractivity contribution in [2.24, 2.45) is 0 Å². The number of aldehydes is 1. The van der Waals surface area contributed by atoms with Crippen LogP contribution in [-0.2, 0) is 4.79 Å². The van der Waals surface area contributed by atoms with E-state index < -0.39 is 0 Å². The largest absolute Gasteiger partial charge is 0.302 e. The molecule has 0 unspecified atom stereocenters. The highest BCUT2D eigenvalue weighted by molar-refractivity contribution is 5.57. The van der Waals surface area contributed by atoms with Crippen molar-refractivity contribution in [1.29, 1.82) is 0 Å². The van der Waals surface area contributed by atoms with E-state index in [0.717, 1.165) is 51.6 Å². The maximum Gasteiger partial charge on any atom is 0.138 e. The summed E-state index contributed by atoms with van der Waals surface area (Å²) < 4.78 is 0. The molecule has 0 spiro atoms. The lowest BCUT2D eigenvalue weighted by atomic mass is 10.2. The second-order valence-corrected chi connectivity index (χ2v) is 3.96. The third kappa shape index (κ3) is 2.79. The monoisotopic (exact) mass is 198 g/mol. The molecular formula is C11H22N2O. The van der Waals surface area contributed by atoms with Gasteiger partial charge in [-0.25, -0.2) is 10.0 Å². The molecule has 1 aliphatic rings. The first-order chi connectivity index (χ1) is 6.83. The Kier molecular flexibility index (Phi) is 5.12. The summed E-state index contributed by atoms with van der Waals surface area (Å²) in [5, 5.41) is 4.62. The molecule has 0 aromatic carbocycles. The summed E-state index contributed by atoms with van der Waals surface area (Å²) in [6.45, 7) is 7.60. The molecule has 0 saturated carbocycles. The van der Waals surface area contributed by atoms with Gasteiger partial charge in [0.2, 0.25) is 0 Å². The molecular weight excluding hydrogens is 176 g/mol. The van der Waals surface area contributed by atoms with Gasteiger partial charge in [-0.05, 0) is 25.7 Å². The quantitative estimate of drug-likeness (QED) is 0.607. The van der Waals surface area contributed by atoms with E-state index in [1.807, 2.05) is 0 Å². The first-order valence-electron chi connectivity index (χ1n) is 5.80. The number of carbonyl (C=O) groups is 1. The Labute approximate surface area is 87.0 Å². The topological polar surface area (TPSA) is 23.6 Å². The molecule has 0 N–H and O–H groups in total. The highest BCUT2D eigenvalue weighted by Gasteiger charge is 2.27. The lowest BCUT2D eigenvalue weighted by Crippen LogP contribution is -2.46. The zero-order valence-corrected chi connectivity index (χ0v) is 9.41. The van der Waals surface area contributed by atoms with Crippen LogP contribution >= 0.6 is 0 Å². The van der Waals surface area contributed by atoms with Crippen molar-refractivity contribution in [3.8, 4) is 0 Å². The van der Waals surface area contributed by atoms with Crippen molar-refractivity contribution in [3.63, 3.8) is 0 Å². The van der Waals surface area contributed by atoms with Crippen LogP contribution in [0.25, 0.3) is 0 Å². The van der Waals surface area contributed by atoms with Crippen LogP contribution in [0.3, 0.4) is 0 Å². The molecule has 3 nitrogen and oxygen atoms in total. The van der Waals surface area contributed by atoms with Crippen molar-refractivity contribution in [3.05, 3.63) is 0 Å². The van der Waals surface area contributed by atoms with Crippen molar-refractivity contribution in [2.75, 3.05) is 19.6 Å². The summed E-state index contributed by atoms with van der Waals surface area (Å²) >= 11 is 0. The minimum absolute atomic E-state index is 0.146. The van der Waals surface area contributed by atoms with E-state index in [-0.39, 0.29) is 6.04 Å². The van der Waals surface area contributed by atoms with Crippen LogP contribution in [0.4, 0.5) is 0 Å². The first kappa shape index (κ1) is 11.7. The fourth-order valence-electron chi connectivity index (χ4n) is 2.15. The molecule has 82 valence electrons. The zero-order chi connectivity index (χ0) is 10.4. The number of hydrogen-bond donors (Lipinski definition) is 0. The summed E-state index contributed by atoms with van der Waals surface area (Å²) in [5.74, 6) is 0. The molecule has 1 aliphatic heterocycles. The molecule has 1 rings (SSSR count). The van der Waals surface area contributed by atoms with Gasteiger partial charge >= 0.3 is 0 Å². The zero-order valence-electron chi connectivity index (χ0n) is 9.41. The molecule has 1 fully saturated rings. The minimum Gasteiger partial charge on any atom is -0.302 e. The van der Waals surface area contributed by atoms with E-state index in [0.29, 0.717) is 0 Å². The third-order valence-electron chi connectivity index (χ3n) is 2.75. The average Bonchev–Trinajstić information content (AvgIpc) is 2.65. The van der Waals surface area contributed by atoms with Gasteiger partial charge in [-0.15, -0.1) is 0 Å². The Bertz CT molecular complexity index is 167. The Morgan fingerprint density at radius 2 is 2.00 bits per heavy atom. The van der Waals surface area contributed by atoms with Crippen LogP contribution in [0.15, 0.2) is 0 Å². The van der Waals surface area contributed by atoms with Crippen LogP contribution in [0.2, 0.25) is 0 Å². The van der Waals surface area contributed by atoms with Gasteiger partial charge < -0.3 is 4.79 Å². The van der Waals surface area contributed by atoms with Gasteiger partial charge in [0.25, 0.3) is 0 Å². The van der Waals surface area contributed by atoms with Crippen LogP contribution in [-0.4, -0.2) is 42.0 Å². The molecule has 0 aliphatic carbocycles. The molecule has 0 aromatic heterocycles. The molecule has 0 aromatic rings. The van der Waals surface area contributed by atoms with Gasteiger partial charge in [-0.3, -0.25) is 0 Å². The number of carbonyl (C=O) groups excluding carboxylic acids is 1. The lowest BCUT2D eigenvalue weighted by Gasteiger charge is -2.33. The minimum atomic E-state index is 0.146. The molecule has 0 radical (unpaired) electrons. The predicted octanol–water partition coefficient (Wildman–Crippen LogP) is 1.69. The van der Waals surface area contributed by atoms with Crippen molar-refractivity contribution >= 4 is 6.29 Å². The van der Waals surface area contributed by atoms with Gasteiger partial charge in [0, 0.05) is 19.6 Å². The number of nitrogens with zero attached hydrogens (tertiary/aromatic N) is 2. The normalized spacial score (nSPS) is 23.2.